The minimum atomic E-state index is -0.883. The van der Waals surface area contributed by atoms with Crippen molar-refractivity contribution in [3.8, 4) is 0 Å². The summed E-state index contributed by atoms with van der Waals surface area (Å²) in [6.45, 7) is 10.1. The zero-order chi connectivity index (χ0) is 17.5. The van der Waals surface area contributed by atoms with E-state index in [1.807, 2.05) is 32.6 Å². The van der Waals surface area contributed by atoms with Crippen molar-refractivity contribution < 1.29 is 19.2 Å². The zero-order valence-corrected chi connectivity index (χ0v) is 14.5. The highest BCUT2D eigenvalue weighted by atomic mass is 16.7. The van der Waals surface area contributed by atoms with Gasteiger partial charge >= 0.3 is 13.2 Å². The second kappa shape index (κ2) is 5.89. The highest BCUT2D eigenvalue weighted by Gasteiger charge is 2.52. The van der Waals surface area contributed by atoms with Crippen molar-refractivity contribution in [2.24, 2.45) is 0 Å². The number of piperazine rings is 1. The maximum atomic E-state index is 10.9. The van der Waals surface area contributed by atoms with Crippen molar-refractivity contribution in [1.29, 1.82) is 0 Å². The lowest BCUT2D eigenvalue weighted by Gasteiger charge is -2.33. The fraction of sp³-hybridized carbons (Fsp3) is 0.667. The third-order valence-corrected chi connectivity index (χ3v) is 5.02. The highest BCUT2D eigenvalue weighted by molar-refractivity contribution is 6.61. The first-order valence-electron chi connectivity index (χ1n) is 8.10. The van der Waals surface area contributed by atoms with E-state index in [1.165, 1.54) is 4.90 Å². The Balaban J connectivity index is 1.66. The Kier molecular flexibility index (Phi) is 4.17. The molecule has 0 saturated carbocycles. The number of amides is 1. The van der Waals surface area contributed by atoms with Crippen LogP contribution in [0.15, 0.2) is 12.4 Å². The molecule has 24 heavy (non-hydrogen) atoms. The number of carboxylic acid groups (broad SMARTS) is 1. The minimum absolute atomic E-state index is 0.399. The zero-order valence-electron chi connectivity index (χ0n) is 14.5. The molecule has 0 aliphatic carbocycles. The summed E-state index contributed by atoms with van der Waals surface area (Å²) in [5.74, 6) is 0.598. The van der Waals surface area contributed by atoms with E-state index < -0.39 is 24.4 Å². The Hall–Kier alpha value is -1.87. The monoisotopic (exact) mass is 334 g/mol. The molecule has 2 fully saturated rings. The van der Waals surface area contributed by atoms with Gasteiger partial charge in [0, 0.05) is 44.0 Å². The standard InChI is InChI=1S/C15H23BN4O4/c1-14(2)15(3,4)24-16(23-14)11-9-17-12(18-10-11)19-5-7-20(8-6-19)13(21)22/h9-10H,5-8H2,1-4H3,(H,21,22). The van der Waals surface area contributed by atoms with Gasteiger partial charge in [0.1, 0.15) is 0 Å². The van der Waals surface area contributed by atoms with Gasteiger partial charge in [0.25, 0.3) is 0 Å². The summed E-state index contributed by atoms with van der Waals surface area (Å²) >= 11 is 0. The Bertz CT molecular complexity index is 598. The summed E-state index contributed by atoms with van der Waals surface area (Å²) in [6, 6.07) is 0. The first-order valence-corrected chi connectivity index (χ1v) is 8.10. The van der Waals surface area contributed by atoms with Gasteiger partial charge in [-0.15, -0.1) is 0 Å². The molecule has 0 bridgehead atoms. The van der Waals surface area contributed by atoms with Gasteiger partial charge in [0.15, 0.2) is 0 Å². The van der Waals surface area contributed by atoms with Crippen LogP contribution < -0.4 is 10.4 Å². The lowest BCUT2D eigenvalue weighted by molar-refractivity contribution is 0.00578. The van der Waals surface area contributed by atoms with Gasteiger partial charge in [-0.25, -0.2) is 14.8 Å². The normalized spacial score (nSPS) is 22.8. The predicted molar refractivity (Wildman–Crippen MR) is 89.6 cm³/mol. The van der Waals surface area contributed by atoms with Gasteiger partial charge in [-0.05, 0) is 27.7 Å². The molecule has 3 rings (SSSR count). The molecule has 2 aliphatic rings. The van der Waals surface area contributed by atoms with Crippen LogP contribution in [0.25, 0.3) is 0 Å². The maximum Gasteiger partial charge on any atom is 0.498 e. The van der Waals surface area contributed by atoms with E-state index in [0.717, 1.165) is 5.46 Å². The van der Waals surface area contributed by atoms with Crippen molar-refractivity contribution in [1.82, 2.24) is 14.9 Å². The second-order valence-corrected chi connectivity index (χ2v) is 7.16. The molecule has 3 heterocycles. The first-order chi connectivity index (χ1) is 11.2. The number of hydrogen-bond acceptors (Lipinski definition) is 6. The third-order valence-electron chi connectivity index (χ3n) is 5.02. The summed E-state index contributed by atoms with van der Waals surface area (Å²) < 4.78 is 12.0. The molecule has 1 N–H and O–H groups in total. The summed E-state index contributed by atoms with van der Waals surface area (Å²) in [5.41, 5.74) is -0.0194. The molecular weight excluding hydrogens is 311 g/mol. The third kappa shape index (κ3) is 3.05. The Labute approximate surface area is 141 Å². The van der Waals surface area contributed by atoms with Crippen LogP contribution in [0, 0.1) is 0 Å². The second-order valence-electron chi connectivity index (χ2n) is 7.16. The van der Waals surface area contributed by atoms with Crippen LogP contribution in [0.4, 0.5) is 10.7 Å². The van der Waals surface area contributed by atoms with E-state index in [-0.39, 0.29) is 0 Å². The Morgan fingerprint density at radius 3 is 2.04 bits per heavy atom. The molecule has 0 aromatic carbocycles. The average molecular weight is 334 g/mol. The quantitative estimate of drug-likeness (QED) is 0.791. The number of carbonyl (C=O) groups is 1. The average Bonchev–Trinajstić information content (AvgIpc) is 2.76. The Morgan fingerprint density at radius 2 is 1.58 bits per heavy atom. The van der Waals surface area contributed by atoms with Gasteiger partial charge in [-0.1, -0.05) is 0 Å². The Morgan fingerprint density at radius 1 is 1.08 bits per heavy atom. The van der Waals surface area contributed by atoms with Crippen LogP contribution in [0.5, 0.6) is 0 Å². The van der Waals surface area contributed by atoms with Gasteiger partial charge in [0.05, 0.1) is 11.2 Å². The van der Waals surface area contributed by atoms with E-state index in [1.54, 1.807) is 12.4 Å². The van der Waals surface area contributed by atoms with Gasteiger partial charge in [0.2, 0.25) is 5.95 Å². The molecule has 9 heteroatoms. The molecule has 0 spiro atoms. The van der Waals surface area contributed by atoms with Crippen molar-refractivity contribution >= 4 is 24.6 Å². The van der Waals surface area contributed by atoms with Gasteiger partial charge < -0.3 is 24.2 Å². The fourth-order valence-electron chi connectivity index (χ4n) is 2.69. The summed E-state index contributed by atoms with van der Waals surface area (Å²) in [4.78, 5) is 23.1. The summed E-state index contributed by atoms with van der Waals surface area (Å²) in [6.07, 6.45) is 2.55. The minimum Gasteiger partial charge on any atom is -0.465 e. The number of nitrogens with zero attached hydrogens (tertiary/aromatic N) is 4. The molecule has 2 saturated heterocycles. The maximum absolute atomic E-state index is 10.9. The molecule has 0 radical (unpaired) electrons. The molecule has 130 valence electrons. The molecule has 1 amide bonds. The smallest absolute Gasteiger partial charge is 0.465 e. The fourth-order valence-corrected chi connectivity index (χ4v) is 2.69. The number of aromatic nitrogens is 2. The summed E-state index contributed by atoms with van der Waals surface area (Å²) in [5, 5.41) is 8.99. The number of anilines is 1. The lowest BCUT2D eigenvalue weighted by Crippen LogP contribution is -2.49. The van der Waals surface area contributed by atoms with Crippen LogP contribution in [0.3, 0.4) is 0 Å². The van der Waals surface area contributed by atoms with Crippen molar-refractivity contribution in [3.63, 3.8) is 0 Å². The van der Waals surface area contributed by atoms with Crippen molar-refractivity contribution in [2.75, 3.05) is 31.1 Å². The largest absolute Gasteiger partial charge is 0.498 e. The van der Waals surface area contributed by atoms with E-state index in [0.29, 0.717) is 32.1 Å². The van der Waals surface area contributed by atoms with E-state index >= 15 is 0 Å². The molecule has 1 aromatic rings. The van der Waals surface area contributed by atoms with Crippen molar-refractivity contribution in [3.05, 3.63) is 12.4 Å². The van der Waals surface area contributed by atoms with Crippen LogP contribution in [-0.4, -0.2) is 70.6 Å². The predicted octanol–water partition coefficient (Wildman–Crippen LogP) is 0.576. The topological polar surface area (TPSA) is 88.0 Å². The van der Waals surface area contributed by atoms with E-state index in [4.69, 9.17) is 14.4 Å². The molecule has 2 aliphatic heterocycles. The first kappa shape index (κ1) is 17.0. The van der Waals surface area contributed by atoms with Gasteiger partial charge in [-0.3, -0.25) is 0 Å². The molecule has 1 aromatic heterocycles. The van der Waals surface area contributed by atoms with Crippen LogP contribution in [0.1, 0.15) is 27.7 Å². The van der Waals surface area contributed by atoms with Gasteiger partial charge in [-0.2, -0.15) is 0 Å². The molecule has 0 unspecified atom stereocenters. The lowest BCUT2D eigenvalue weighted by atomic mass is 9.81. The molecule has 8 nitrogen and oxygen atoms in total. The SMILES string of the molecule is CC1(C)OB(c2cnc(N3CCN(C(=O)O)CC3)nc2)OC1(C)C. The van der Waals surface area contributed by atoms with Crippen LogP contribution >= 0.6 is 0 Å². The van der Waals surface area contributed by atoms with E-state index in [9.17, 15) is 4.79 Å². The van der Waals surface area contributed by atoms with Crippen molar-refractivity contribution in [2.45, 2.75) is 38.9 Å². The molecular formula is C15H23BN4O4. The number of hydrogen-bond donors (Lipinski definition) is 1. The highest BCUT2D eigenvalue weighted by Crippen LogP contribution is 2.36. The van der Waals surface area contributed by atoms with Crippen LogP contribution in [-0.2, 0) is 9.31 Å². The van der Waals surface area contributed by atoms with E-state index in [2.05, 4.69) is 9.97 Å². The molecule has 0 atom stereocenters. The van der Waals surface area contributed by atoms with Crippen LogP contribution in [0.2, 0.25) is 0 Å². The number of rotatable bonds is 2. The summed E-state index contributed by atoms with van der Waals surface area (Å²) in [7, 11) is -0.479.